The zero-order chi connectivity index (χ0) is 12.3. The third-order valence-corrected chi connectivity index (χ3v) is 4.22. The Morgan fingerprint density at radius 2 is 2.18 bits per heavy atom. The number of para-hydroxylation sites is 1. The van der Waals surface area contributed by atoms with Crippen LogP contribution in [0.4, 0.5) is 5.69 Å². The normalized spacial score (nSPS) is 23.6. The Labute approximate surface area is 111 Å². The van der Waals surface area contributed by atoms with Crippen LogP contribution in [0.2, 0.25) is 0 Å². The van der Waals surface area contributed by atoms with Crippen LogP contribution in [-0.2, 0) is 10.1 Å². The van der Waals surface area contributed by atoms with Gasteiger partial charge in [-0.1, -0.05) is 47.5 Å². The molecule has 0 saturated heterocycles. The number of amides is 1. The van der Waals surface area contributed by atoms with Gasteiger partial charge in [0, 0.05) is 16.9 Å². The molecule has 1 saturated carbocycles. The third-order valence-electron chi connectivity index (χ3n) is 3.62. The van der Waals surface area contributed by atoms with Crippen molar-refractivity contribution in [3.8, 4) is 0 Å². The predicted molar refractivity (Wildman–Crippen MR) is 74.2 cm³/mol. The van der Waals surface area contributed by atoms with Crippen LogP contribution in [0.5, 0.6) is 0 Å². The molecule has 17 heavy (non-hydrogen) atoms. The second kappa shape index (κ2) is 5.67. The second-order valence-corrected chi connectivity index (χ2v) is 5.36. The molecule has 92 valence electrons. The molecular weight excluding hydrogens is 278 g/mol. The van der Waals surface area contributed by atoms with E-state index in [0.717, 1.165) is 23.0 Å². The highest BCUT2D eigenvalue weighted by Gasteiger charge is 2.29. The molecular formula is C14H18BrNO. The molecule has 0 spiro atoms. The van der Waals surface area contributed by atoms with Crippen molar-refractivity contribution >= 4 is 27.5 Å². The average Bonchev–Trinajstić information content (AvgIpc) is 2.76. The molecule has 0 heterocycles. The highest BCUT2D eigenvalue weighted by atomic mass is 79.9. The standard InChI is InChI=1S/C14H18BrNO/c1-10-5-4-7-12(10)14(17)16-13-8-3-2-6-11(13)9-15/h2-3,6,8,10,12H,4-5,7,9H2,1H3,(H,16,17). The maximum atomic E-state index is 12.2. The zero-order valence-corrected chi connectivity index (χ0v) is 11.7. The summed E-state index contributed by atoms with van der Waals surface area (Å²) in [6.07, 6.45) is 3.39. The van der Waals surface area contributed by atoms with Gasteiger partial charge in [0.05, 0.1) is 0 Å². The summed E-state index contributed by atoms with van der Waals surface area (Å²) in [7, 11) is 0. The lowest BCUT2D eigenvalue weighted by molar-refractivity contribution is -0.120. The molecule has 2 nitrogen and oxygen atoms in total. The van der Waals surface area contributed by atoms with Crippen LogP contribution in [-0.4, -0.2) is 5.91 Å². The number of carbonyl (C=O) groups is 1. The topological polar surface area (TPSA) is 29.1 Å². The number of alkyl halides is 1. The summed E-state index contributed by atoms with van der Waals surface area (Å²) >= 11 is 3.44. The van der Waals surface area contributed by atoms with E-state index in [9.17, 15) is 4.79 Å². The summed E-state index contributed by atoms with van der Waals surface area (Å²) in [4.78, 5) is 12.2. The zero-order valence-electron chi connectivity index (χ0n) is 10.1. The minimum atomic E-state index is 0.184. The summed E-state index contributed by atoms with van der Waals surface area (Å²) in [5.41, 5.74) is 2.07. The molecule has 1 aromatic rings. The number of hydrogen-bond acceptors (Lipinski definition) is 1. The van der Waals surface area contributed by atoms with E-state index in [2.05, 4.69) is 28.2 Å². The SMILES string of the molecule is CC1CCCC1C(=O)Nc1ccccc1CBr. The minimum absolute atomic E-state index is 0.184. The smallest absolute Gasteiger partial charge is 0.227 e. The summed E-state index contributed by atoms with van der Waals surface area (Å²) in [5.74, 6) is 0.896. The van der Waals surface area contributed by atoms with Gasteiger partial charge in [-0.2, -0.15) is 0 Å². The second-order valence-electron chi connectivity index (χ2n) is 4.79. The van der Waals surface area contributed by atoms with Crippen LogP contribution in [0.1, 0.15) is 31.7 Å². The Balaban J connectivity index is 2.07. The first-order chi connectivity index (χ1) is 8.22. The number of hydrogen-bond donors (Lipinski definition) is 1. The van der Waals surface area contributed by atoms with Gasteiger partial charge < -0.3 is 5.32 Å². The first-order valence-corrected chi connectivity index (χ1v) is 7.29. The molecule has 3 heteroatoms. The van der Waals surface area contributed by atoms with E-state index in [1.807, 2.05) is 24.3 Å². The van der Waals surface area contributed by atoms with Crippen molar-refractivity contribution in [3.05, 3.63) is 29.8 Å². The molecule has 0 aromatic heterocycles. The van der Waals surface area contributed by atoms with Crippen LogP contribution >= 0.6 is 15.9 Å². The summed E-state index contributed by atoms with van der Waals surface area (Å²) in [5, 5.41) is 3.83. The van der Waals surface area contributed by atoms with Gasteiger partial charge in [-0.05, 0) is 30.4 Å². The first kappa shape index (κ1) is 12.6. The number of rotatable bonds is 3. The fourth-order valence-electron chi connectivity index (χ4n) is 2.52. The highest BCUT2D eigenvalue weighted by Crippen LogP contribution is 2.32. The Morgan fingerprint density at radius 1 is 1.41 bits per heavy atom. The molecule has 1 amide bonds. The molecule has 1 aromatic carbocycles. The molecule has 2 rings (SSSR count). The number of benzene rings is 1. The summed E-state index contributed by atoms with van der Waals surface area (Å²) in [6.45, 7) is 2.17. The molecule has 1 aliphatic carbocycles. The van der Waals surface area contributed by atoms with Crippen molar-refractivity contribution in [1.82, 2.24) is 0 Å². The van der Waals surface area contributed by atoms with Crippen LogP contribution in [0.3, 0.4) is 0 Å². The summed E-state index contributed by atoms with van der Waals surface area (Å²) in [6, 6.07) is 7.95. The van der Waals surface area contributed by atoms with Crippen molar-refractivity contribution in [2.75, 3.05) is 5.32 Å². The van der Waals surface area contributed by atoms with E-state index in [-0.39, 0.29) is 11.8 Å². The number of halogens is 1. The lowest BCUT2D eigenvalue weighted by Gasteiger charge is -2.16. The minimum Gasteiger partial charge on any atom is -0.326 e. The molecule has 1 aliphatic rings. The Bertz CT molecular complexity index is 405. The quantitative estimate of drug-likeness (QED) is 0.841. The van der Waals surface area contributed by atoms with Gasteiger partial charge in [-0.25, -0.2) is 0 Å². The van der Waals surface area contributed by atoms with Crippen LogP contribution < -0.4 is 5.32 Å². The van der Waals surface area contributed by atoms with E-state index in [1.54, 1.807) is 0 Å². The van der Waals surface area contributed by atoms with Crippen molar-refractivity contribution in [3.63, 3.8) is 0 Å². The van der Waals surface area contributed by atoms with Crippen LogP contribution in [0.25, 0.3) is 0 Å². The average molecular weight is 296 g/mol. The Hall–Kier alpha value is -0.830. The van der Waals surface area contributed by atoms with Crippen molar-refractivity contribution < 1.29 is 4.79 Å². The molecule has 0 aliphatic heterocycles. The molecule has 2 atom stereocenters. The van der Waals surface area contributed by atoms with Gasteiger partial charge in [0.2, 0.25) is 5.91 Å². The predicted octanol–water partition coefficient (Wildman–Crippen LogP) is 3.96. The first-order valence-electron chi connectivity index (χ1n) is 6.17. The molecule has 0 radical (unpaired) electrons. The lowest BCUT2D eigenvalue weighted by Crippen LogP contribution is -2.24. The van der Waals surface area contributed by atoms with Crippen molar-refractivity contribution in [2.24, 2.45) is 11.8 Å². The molecule has 2 unspecified atom stereocenters. The van der Waals surface area contributed by atoms with Crippen molar-refractivity contribution in [1.29, 1.82) is 0 Å². The van der Waals surface area contributed by atoms with Gasteiger partial charge in [0.25, 0.3) is 0 Å². The Kier molecular flexibility index (Phi) is 4.21. The van der Waals surface area contributed by atoms with Crippen LogP contribution in [0.15, 0.2) is 24.3 Å². The molecule has 1 fully saturated rings. The fourth-order valence-corrected chi connectivity index (χ4v) is 3.01. The van der Waals surface area contributed by atoms with Crippen molar-refractivity contribution in [2.45, 2.75) is 31.5 Å². The summed E-state index contributed by atoms with van der Waals surface area (Å²) < 4.78 is 0. The van der Waals surface area contributed by atoms with E-state index in [1.165, 1.54) is 12.8 Å². The third kappa shape index (κ3) is 2.89. The van der Waals surface area contributed by atoms with Gasteiger partial charge in [-0.15, -0.1) is 0 Å². The molecule has 0 bridgehead atoms. The van der Waals surface area contributed by atoms with E-state index < -0.39 is 0 Å². The number of carbonyl (C=O) groups excluding carboxylic acids is 1. The van der Waals surface area contributed by atoms with E-state index >= 15 is 0 Å². The monoisotopic (exact) mass is 295 g/mol. The van der Waals surface area contributed by atoms with E-state index in [4.69, 9.17) is 0 Å². The highest BCUT2D eigenvalue weighted by molar-refractivity contribution is 9.08. The van der Waals surface area contributed by atoms with Crippen LogP contribution in [0, 0.1) is 11.8 Å². The molecule has 1 N–H and O–H groups in total. The maximum absolute atomic E-state index is 12.2. The largest absolute Gasteiger partial charge is 0.326 e. The Morgan fingerprint density at radius 3 is 2.82 bits per heavy atom. The lowest BCUT2D eigenvalue weighted by atomic mass is 9.97. The number of anilines is 1. The van der Waals surface area contributed by atoms with Gasteiger partial charge in [0.15, 0.2) is 0 Å². The number of nitrogens with one attached hydrogen (secondary N) is 1. The fraction of sp³-hybridized carbons (Fsp3) is 0.500. The van der Waals surface area contributed by atoms with Gasteiger partial charge >= 0.3 is 0 Å². The van der Waals surface area contributed by atoms with Gasteiger partial charge in [0.1, 0.15) is 0 Å². The maximum Gasteiger partial charge on any atom is 0.227 e. The van der Waals surface area contributed by atoms with Gasteiger partial charge in [-0.3, -0.25) is 4.79 Å². The van der Waals surface area contributed by atoms with E-state index in [0.29, 0.717) is 5.92 Å².